The van der Waals surface area contributed by atoms with Gasteiger partial charge in [0.1, 0.15) is 11.9 Å². The Morgan fingerprint density at radius 2 is 1.80 bits per heavy atom. The lowest BCUT2D eigenvalue weighted by Crippen LogP contribution is -2.37. The lowest BCUT2D eigenvalue weighted by atomic mass is 10.3. The molecule has 0 bridgehead atoms. The summed E-state index contributed by atoms with van der Waals surface area (Å²) in [5.74, 6) is -1.18. The van der Waals surface area contributed by atoms with Gasteiger partial charge in [-0.15, -0.1) is 0 Å². The molecule has 0 aliphatic heterocycles. The molecule has 0 N–H and O–H groups in total. The molecule has 0 saturated heterocycles. The second-order valence-electron chi connectivity index (χ2n) is 2.78. The lowest BCUT2D eigenvalue weighted by molar-refractivity contribution is -0.312. The molecule has 0 radical (unpaired) electrons. The number of hydrogen-bond acceptors (Lipinski definition) is 3. The minimum absolute atomic E-state index is 0.155. The van der Waals surface area contributed by atoms with Gasteiger partial charge >= 0.3 is 0 Å². The molecule has 82 valence electrons. The van der Waals surface area contributed by atoms with Crippen LogP contribution in [0, 0.1) is 0 Å². The predicted octanol–water partition coefficient (Wildman–Crippen LogP) is 2.16. The number of hydrogen-bond donors (Lipinski definition) is 0. The van der Waals surface area contributed by atoms with E-state index in [0.717, 1.165) is 0 Å². The molecule has 15 heavy (non-hydrogen) atoms. The summed E-state index contributed by atoms with van der Waals surface area (Å²) < 4.78 is 5.01. The van der Waals surface area contributed by atoms with Crippen molar-refractivity contribution < 1.29 is 14.6 Å². The molecular weight excluding hydrogens is 262 g/mol. The van der Waals surface area contributed by atoms with Gasteiger partial charge in [-0.25, -0.2) is 0 Å². The van der Waals surface area contributed by atoms with E-state index in [1.807, 2.05) is 0 Å². The molecule has 1 aromatic rings. The smallest absolute Gasteiger partial charge is 0.140 e. The molecule has 3 nitrogen and oxygen atoms in total. The van der Waals surface area contributed by atoms with Gasteiger partial charge in [0.25, 0.3) is 0 Å². The Morgan fingerprint density at radius 3 is 2.33 bits per heavy atom. The summed E-state index contributed by atoms with van der Waals surface area (Å²) in [6, 6.07) is 2.73. The Hall–Kier alpha value is -0.640. The molecule has 1 unspecified atom stereocenters. The highest BCUT2D eigenvalue weighted by molar-refractivity contribution is 6.43. The average molecular weight is 269 g/mol. The minimum atomic E-state index is -1.34. The van der Waals surface area contributed by atoms with E-state index in [4.69, 9.17) is 39.5 Å². The second-order valence-corrected chi connectivity index (χ2v) is 4.00. The average Bonchev–Trinajstić information content (AvgIpc) is 2.13. The molecule has 0 amide bonds. The highest BCUT2D eigenvalue weighted by atomic mass is 35.5. The molecule has 0 aliphatic carbocycles. The summed E-state index contributed by atoms with van der Waals surface area (Å²) in [4.78, 5) is 10.4. The Kier molecular flexibility index (Phi) is 4.08. The quantitative estimate of drug-likeness (QED) is 0.789. The van der Waals surface area contributed by atoms with Crippen molar-refractivity contribution in [3.05, 3.63) is 27.2 Å². The summed E-state index contributed by atoms with van der Waals surface area (Å²) in [5.41, 5.74) is 0. The molecule has 0 aromatic heterocycles. The van der Waals surface area contributed by atoms with Crippen LogP contribution in [0.1, 0.15) is 6.92 Å². The van der Waals surface area contributed by atoms with E-state index < -0.39 is 12.1 Å². The number of carboxylic acids is 1. The first-order valence-corrected chi connectivity index (χ1v) is 5.07. The monoisotopic (exact) mass is 267 g/mol. The SMILES string of the molecule is CC(Oc1cc(Cl)c(Cl)cc1Cl)C(=O)[O-]. The molecule has 6 heteroatoms. The normalized spacial score (nSPS) is 12.3. The van der Waals surface area contributed by atoms with Gasteiger partial charge in [-0.3, -0.25) is 0 Å². The highest BCUT2D eigenvalue weighted by Gasteiger charge is 2.11. The van der Waals surface area contributed by atoms with E-state index in [9.17, 15) is 9.90 Å². The Balaban J connectivity index is 2.95. The van der Waals surface area contributed by atoms with Gasteiger partial charge in [0.05, 0.1) is 21.0 Å². The maximum atomic E-state index is 10.4. The number of aliphatic carboxylic acids is 1. The van der Waals surface area contributed by atoms with E-state index in [1.54, 1.807) is 0 Å². The van der Waals surface area contributed by atoms with Gasteiger partial charge in [-0.05, 0) is 13.0 Å². The standard InChI is InChI=1S/C9H7Cl3O3/c1-4(9(13)14)15-8-3-6(11)5(10)2-7(8)12/h2-4H,1H3,(H,13,14)/p-1. The van der Waals surface area contributed by atoms with Gasteiger partial charge in [-0.1, -0.05) is 34.8 Å². The van der Waals surface area contributed by atoms with Crippen molar-refractivity contribution in [2.45, 2.75) is 13.0 Å². The number of carbonyl (C=O) groups is 1. The zero-order valence-electron chi connectivity index (χ0n) is 7.59. The van der Waals surface area contributed by atoms with Crippen molar-refractivity contribution >= 4 is 40.8 Å². The number of carboxylic acid groups (broad SMARTS) is 1. The summed E-state index contributed by atoms with van der Waals surface area (Å²) in [7, 11) is 0. The van der Waals surface area contributed by atoms with E-state index in [1.165, 1.54) is 19.1 Å². The van der Waals surface area contributed by atoms with Crippen LogP contribution in [0.15, 0.2) is 12.1 Å². The zero-order valence-corrected chi connectivity index (χ0v) is 9.86. The fourth-order valence-corrected chi connectivity index (χ4v) is 1.41. The lowest BCUT2D eigenvalue weighted by Gasteiger charge is -2.16. The molecule has 1 aromatic carbocycles. The number of carbonyl (C=O) groups excluding carboxylic acids is 1. The highest BCUT2D eigenvalue weighted by Crippen LogP contribution is 2.34. The van der Waals surface area contributed by atoms with Gasteiger partial charge in [0.2, 0.25) is 0 Å². The van der Waals surface area contributed by atoms with E-state index in [2.05, 4.69) is 0 Å². The number of halogens is 3. The van der Waals surface area contributed by atoms with Gasteiger partial charge in [-0.2, -0.15) is 0 Å². The summed E-state index contributed by atoms with van der Waals surface area (Å²) in [6.07, 6.45) is -1.11. The molecule has 0 heterocycles. The molecule has 0 fully saturated rings. The molecule has 0 aliphatic rings. The number of ether oxygens (including phenoxy) is 1. The first kappa shape index (κ1) is 12.4. The fourth-order valence-electron chi connectivity index (χ4n) is 0.833. The third-order valence-corrected chi connectivity index (χ3v) is 2.63. The third-order valence-electron chi connectivity index (χ3n) is 1.61. The molecule has 1 atom stereocenters. The Bertz CT molecular complexity index is 392. The van der Waals surface area contributed by atoms with Crippen LogP contribution < -0.4 is 9.84 Å². The van der Waals surface area contributed by atoms with Crippen molar-refractivity contribution in [2.24, 2.45) is 0 Å². The van der Waals surface area contributed by atoms with E-state index >= 15 is 0 Å². The van der Waals surface area contributed by atoms with Crippen LogP contribution in [-0.2, 0) is 4.79 Å². The summed E-state index contributed by atoms with van der Waals surface area (Å²) in [5, 5.41) is 11.1. The third kappa shape index (κ3) is 3.16. The molecule has 0 spiro atoms. The van der Waals surface area contributed by atoms with Gasteiger partial charge in [0, 0.05) is 6.07 Å². The van der Waals surface area contributed by atoms with Crippen LogP contribution >= 0.6 is 34.8 Å². The fraction of sp³-hybridized carbons (Fsp3) is 0.222. The zero-order chi connectivity index (χ0) is 11.6. The summed E-state index contributed by atoms with van der Waals surface area (Å²) >= 11 is 17.2. The first-order valence-electron chi connectivity index (χ1n) is 3.94. The van der Waals surface area contributed by atoms with Crippen molar-refractivity contribution in [1.29, 1.82) is 0 Å². The molecule has 0 saturated carbocycles. The second kappa shape index (κ2) is 4.92. The first-order chi connectivity index (χ1) is 6.91. The van der Waals surface area contributed by atoms with Crippen molar-refractivity contribution in [1.82, 2.24) is 0 Å². The Labute approximate surface area is 102 Å². The van der Waals surface area contributed by atoms with Crippen molar-refractivity contribution in [3.63, 3.8) is 0 Å². The van der Waals surface area contributed by atoms with Crippen molar-refractivity contribution in [3.8, 4) is 5.75 Å². The van der Waals surface area contributed by atoms with Crippen LogP contribution in [-0.4, -0.2) is 12.1 Å². The minimum Gasteiger partial charge on any atom is -0.546 e. The maximum absolute atomic E-state index is 10.4. The van der Waals surface area contributed by atoms with Crippen LogP contribution in [0.3, 0.4) is 0 Å². The molecule has 1 rings (SSSR count). The number of benzene rings is 1. The predicted molar refractivity (Wildman–Crippen MR) is 56.6 cm³/mol. The largest absolute Gasteiger partial charge is 0.546 e. The number of rotatable bonds is 3. The van der Waals surface area contributed by atoms with Crippen LogP contribution in [0.2, 0.25) is 15.1 Å². The topological polar surface area (TPSA) is 49.4 Å². The molecular formula is C9H6Cl3O3-. The van der Waals surface area contributed by atoms with Gasteiger partial charge < -0.3 is 14.6 Å². The van der Waals surface area contributed by atoms with Crippen LogP contribution in [0.4, 0.5) is 0 Å². The van der Waals surface area contributed by atoms with Crippen LogP contribution in [0.5, 0.6) is 5.75 Å². The Morgan fingerprint density at radius 1 is 1.27 bits per heavy atom. The van der Waals surface area contributed by atoms with Gasteiger partial charge in [0.15, 0.2) is 0 Å². The van der Waals surface area contributed by atoms with Crippen LogP contribution in [0.25, 0.3) is 0 Å². The van der Waals surface area contributed by atoms with E-state index in [-0.39, 0.29) is 20.8 Å². The summed E-state index contributed by atoms with van der Waals surface area (Å²) in [6.45, 7) is 1.33. The van der Waals surface area contributed by atoms with E-state index in [0.29, 0.717) is 0 Å². The van der Waals surface area contributed by atoms with Crippen molar-refractivity contribution in [2.75, 3.05) is 0 Å². The maximum Gasteiger partial charge on any atom is 0.140 e.